The average Bonchev–Trinajstić information content (AvgIpc) is 1.96. The molecule has 0 aliphatic rings. The Labute approximate surface area is 67.0 Å². The van der Waals surface area contributed by atoms with Crippen molar-refractivity contribution < 1.29 is 23.9 Å². The van der Waals surface area contributed by atoms with E-state index in [0.29, 0.717) is 12.1 Å². The highest BCUT2D eigenvalue weighted by molar-refractivity contribution is 6.58. The van der Waals surface area contributed by atoms with Crippen LogP contribution >= 0.6 is 0 Å². The van der Waals surface area contributed by atoms with Crippen LogP contribution in [-0.4, -0.2) is 22.3 Å². The van der Waals surface area contributed by atoms with Gasteiger partial charge in [-0.05, 0) is 6.07 Å². The van der Waals surface area contributed by atoms with Crippen LogP contribution < -0.4 is 5.46 Å². The molecule has 3 nitrogen and oxygen atoms in total. The molecule has 3 N–H and O–H groups in total. The minimum Gasteiger partial charge on any atom is -0.505 e. The Balaban J connectivity index is 3.23. The van der Waals surface area contributed by atoms with E-state index in [1.54, 1.807) is 0 Å². The lowest BCUT2D eigenvalue weighted by Crippen LogP contribution is -2.33. The molecule has 12 heavy (non-hydrogen) atoms. The van der Waals surface area contributed by atoms with E-state index < -0.39 is 30.0 Å². The lowest BCUT2D eigenvalue weighted by molar-refractivity contribution is 0.415. The third-order valence-corrected chi connectivity index (χ3v) is 1.34. The fourth-order valence-electron chi connectivity index (χ4n) is 0.750. The van der Waals surface area contributed by atoms with Crippen molar-refractivity contribution in [2.75, 3.05) is 0 Å². The van der Waals surface area contributed by atoms with E-state index in [2.05, 4.69) is 0 Å². The number of aromatic hydroxyl groups is 1. The van der Waals surface area contributed by atoms with Crippen molar-refractivity contribution in [3.8, 4) is 5.75 Å². The van der Waals surface area contributed by atoms with Crippen molar-refractivity contribution in [3.05, 3.63) is 23.8 Å². The Kier molecular flexibility index (Phi) is 2.30. The largest absolute Gasteiger partial charge is 0.505 e. The summed E-state index contributed by atoms with van der Waals surface area (Å²) in [5.41, 5.74) is -0.606. The lowest BCUT2D eigenvalue weighted by Gasteiger charge is -2.02. The third kappa shape index (κ3) is 1.54. The van der Waals surface area contributed by atoms with Gasteiger partial charge in [-0.3, -0.25) is 0 Å². The molecule has 0 heterocycles. The van der Waals surface area contributed by atoms with E-state index >= 15 is 0 Å². The topological polar surface area (TPSA) is 60.7 Å². The lowest BCUT2D eigenvalue weighted by atomic mass is 9.80. The minimum absolute atomic E-state index is 0.476. The molecule has 64 valence electrons. The summed E-state index contributed by atoms with van der Waals surface area (Å²) in [6, 6.07) is 0.999. The van der Waals surface area contributed by atoms with Gasteiger partial charge in [0.25, 0.3) is 0 Å². The predicted octanol–water partition coefficient (Wildman–Crippen LogP) is -0.650. The van der Waals surface area contributed by atoms with Crippen LogP contribution in [0.3, 0.4) is 0 Å². The van der Waals surface area contributed by atoms with Crippen LogP contribution in [0.5, 0.6) is 5.75 Å². The van der Waals surface area contributed by atoms with Crippen LogP contribution in [0.15, 0.2) is 12.1 Å². The maximum absolute atomic E-state index is 12.6. The summed E-state index contributed by atoms with van der Waals surface area (Å²) in [4.78, 5) is 0. The Morgan fingerprint density at radius 1 is 1.08 bits per heavy atom. The summed E-state index contributed by atoms with van der Waals surface area (Å²) >= 11 is 0. The summed E-state index contributed by atoms with van der Waals surface area (Å²) in [7, 11) is -2.08. The Bertz CT molecular complexity index is 303. The summed E-state index contributed by atoms with van der Waals surface area (Å²) in [5.74, 6) is -3.03. The van der Waals surface area contributed by atoms with Gasteiger partial charge in [0.2, 0.25) is 0 Å². The smallest absolute Gasteiger partial charge is 0.491 e. The second-order valence-electron chi connectivity index (χ2n) is 2.20. The van der Waals surface area contributed by atoms with Crippen LogP contribution in [0, 0.1) is 11.6 Å². The number of phenols is 1. The van der Waals surface area contributed by atoms with Crippen molar-refractivity contribution in [1.29, 1.82) is 0 Å². The SMILES string of the molecule is OB(O)c1cc(F)c(O)cc1F. The van der Waals surface area contributed by atoms with Crippen LogP contribution in [-0.2, 0) is 0 Å². The Hall–Kier alpha value is -1.14. The molecule has 0 radical (unpaired) electrons. The number of halogens is 2. The monoisotopic (exact) mass is 174 g/mol. The molecule has 0 saturated carbocycles. The first kappa shape index (κ1) is 8.96. The zero-order valence-corrected chi connectivity index (χ0v) is 5.83. The average molecular weight is 174 g/mol. The molecule has 0 spiro atoms. The predicted molar refractivity (Wildman–Crippen MR) is 37.8 cm³/mol. The highest BCUT2D eigenvalue weighted by Gasteiger charge is 2.19. The first-order valence-electron chi connectivity index (χ1n) is 3.06. The first-order chi connectivity index (χ1) is 5.52. The maximum Gasteiger partial charge on any atom is 0.491 e. The van der Waals surface area contributed by atoms with Gasteiger partial charge >= 0.3 is 7.12 Å². The van der Waals surface area contributed by atoms with Gasteiger partial charge in [0, 0.05) is 11.5 Å². The van der Waals surface area contributed by atoms with Gasteiger partial charge in [0.05, 0.1) is 0 Å². The van der Waals surface area contributed by atoms with Crippen LogP contribution in [0.4, 0.5) is 8.78 Å². The van der Waals surface area contributed by atoms with Crippen molar-refractivity contribution >= 4 is 12.6 Å². The molecule has 0 fully saturated rings. The van der Waals surface area contributed by atoms with Gasteiger partial charge in [0.15, 0.2) is 11.6 Å². The highest BCUT2D eigenvalue weighted by atomic mass is 19.1. The number of phenolic OH excluding ortho intramolecular Hbond substituents is 1. The third-order valence-electron chi connectivity index (χ3n) is 1.34. The van der Waals surface area contributed by atoms with Crippen molar-refractivity contribution in [2.24, 2.45) is 0 Å². The van der Waals surface area contributed by atoms with Gasteiger partial charge in [-0.1, -0.05) is 0 Å². The number of benzene rings is 1. The summed E-state index contributed by atoms with van der Waals surface area (Å²) < 4.78 is 25.1. The number of hydrogen-bond donors (Lipinski definition) is 3. The summed E-state index contributed by atoms with van der Waals surface area (Å²) in [5, 5.41) is 25.6. The number of rotatable bonds is 1. The van der Waals surface area contributed by atoms with Crippen LogP contribution in [0.25, 0.3) is 0 Å². The highest BCUT2D eigenvalue weighted by Crippen LogP contribution is 2.14. The molecule has 0 aliphatic heterocycles. The molecule has 0 aliphatic carbocycles. The second kappa shape index (κ2) is 3.08. The van der Waals surface area contributed by atoms with E-state index in [-0.39, 0.29) is 0 Å². The van der Waals surface area contributed by atoms with E-state index in [4.69, 9.17) is 15.2 Å². The fraction of sp³-hybridized carbons (Fsp3) is 0. The maximum atomic E-state index is 12.6. The van der Waals surface area contributed by atoms with Gasteiger partial charge < -0.3 is 15.2 Å². The van der Waals surface area contributed by atoms with Gasteiger partial charge in [-0.25, -0.2) is 8.78 Å². The molecule has 0 bridgehead atoms. The van der Waals surface area contributed by atoms with Crippen LogP contribution in [0.2, 0.25) is 0 Å². The quantitative estimate of drug-likeness (QED) is 0.495. The van der Waals surface area contributed by atoms with E-state index in [1.807, 2.05) is 0 Å². The number of hydrogen-bond acceptors (Lipinski definition) is 3. The van der Waals surface area contributed by atoms with E-state index in [0.717, 1.165) is 0 Å². The summed E-state index contributed by atoms with van der Waals surface area (Å²) in [6.45, 7) is 0. The molecule has 0 aromatic heterocycles. The minimum atomic E-state index is -2.08. The molecule has 0 atom stereocenters. The van der Waals surface area contributed by atoms with Crippen molar-refractivity contribution in [3.63, 3.8) is 0 Å². The molecule has 1 aromatic carbocycles. The normalized spacial score (nSPS) is 10.0. The standard InChI is InChI=1S/C6H5BF2O3/c8-4-2-6(10)5(9)1-3(4)7(11)12/h1-2,10-12H. The molecule has 0 unspecified atom stereocenters. The zero-order valence-electron chi connectivity index (χ0n) is 5.83. The Morgan fingerprint density at radius 3 is 2.17 bits per heavy atom. The molecule has 6 heteroatoms. The fourth-order valence-corrected chi connectivity index (χ4v) is 0.750. The molecule has 0 saturated heterocycles. The molecular formula is C6H5BF2O3. The van der Waals surface area contributed by atoms with Crippen molar-refractivity contribution in [1.82, 2.24) is 0 Å². The van der Waals surface area contributed by atoms with E-state index in [9.17, 15) is 8.78 Å². The molecule has 0 amide bonds. The van der Waals surface area contributed by atoms with Crippen molar-refractivity contribution in [2.45, 2.75) is 0 Å². The van der Waals surface area contributed by atoms with Gasteiger partial charge in [0.1, 0.15) is 5.82 Å². The molecular weight excluding hydrogens is 169 g/mol. The first-order valence-corrected chi connectivity index (χ1v) is 3.06. The second-order valence-corrected chi connectivity index (χ2v) is 2.20. The summed E-state index contributed by atoms with van der Waals surface area (Å²) in [6.07, 6.45) is 0. The Morgan fingerprint density at radius 2 is 1.67 bits per heavy atom. The van der Waals surface area contributed by atoms with Gasteiger partial charge in [-0.15, -0.1) is 0 Å². The van der Waals surface area contributed by atoms with E-state index in [1.165, 1.54) is 0 Å². The molecule has 1 rings (SSSR count). The molecule has 1 aromatic rings. The van der Waals surface area contributed by atoms with Crippen LogP contribution in [0.1, 0.15) is 0 Å². The zero-order chi connectivity index (χ0) is 9.30. The van der Waals surface area contributed by atoms with Gasteiger partial charge in [-0.2, -0.15) is 0 Å².